The Morgan fingerprint density at radius 3 is 2.80 bits per heavy atom. The first-order valence-corrected chi connectivity index (χ1v) is 15.6. The molecule has 0 radical (unpaired) electrons. The summed E-state index contributed by atoms with van der Waals surface area (Å²) in [6, 6.07) is 3.03. The molecule has 216 valence electrons. The monoisotopic (exact) mass is 592 g/mol. The van der Waals surface area contributed by atoms with Crippen LogP contribution in [0.4, 0.5) is 10.8 Å². The van der Waals surface area contributed by atoms with Crippen LogP contribution in [0.25, 0.3) is 0 Å². The number of phosphoric ester groups is 1. The highest BCUT2D eigenvalue weighted by molar-refractivity contribution is 7.46. The number of thiazole rings is 1. The fourth-order valence-electron chi connectivity index (χ4n) is 7.54. The largest absolute Gasteiger partial charge is 0.525 e. The van der Waals surface area contributed by atoms with Crippen LogP contribution < -0.4 is 9.84 Å². The molecule has 5 atom stereocenters. The summed E-state index contributed by atoms with van der Waals surface area (Å²) in [5.74, 6) is 0.144. The van der Waals surface area contributed by atoms with Crippen molar-refractivity contribution >= 4 is 41.6 Å². The molecule has 1 heterocycles. The maximum Gasteiger partial charge on any atom is 0.525 e. The number of nitro benzene ring substituents is 1. The highest BCUT2D eigenvalue weighted by Gasteiger charge is 2.58. The minimum Gasteiger partial charge on any atom is -0.399 e. The van der Waals surface area contributed by atoms with E-state index in [9.17, 15) is 29.3 Å². The smallest absolute Gasteiger partial charge is 0.399 e. The van der Waals surface area contributed by atoms with Gasteiger partial charge in [-0.1, -0.05) is 18.1 Å². The second kappa shape index (κ2) is 10.8. The molecule has 2 fully saturated rings. The van der Waals surface area contributed by atoms with Crippen molar-refractivity contribution in [1.82, 2.24) is 4.98 Å². The SMILES string of the molecule is CON=C1CC(CCC(=O)Nc2ncc(C)s2)C2C3CCc4c(ccc(OP(=O)(O)O)c4[N+](=O)[O-])C3CCC12C. The molecular formula is C26H33N4O8PS. The average molecular weight is 593 g/mol. The highest BCUT2D eigenvalue weighted by atomic mass is 32.1. The molecule has 0 saturated heterocycles. The molecule has 40 heavy (non-hydrogen) atoms. The fourth-order valence-corrected chi connectivity index (χ4v) is 8.62. The minimum atomic E-state index is -4.97. The van der Waals surface area contributed by atoms with Crippen LogP contribution >= 0.6 is 19.2 Å². The molecule has 14 heteroatoms. The van der Waals surface area contributed by atoms with Crippen molar-refractivity contribution in [3.8, 4) is 5.75 Å². The number of carbonyl (C=O) groups is 1. The summed E-state index contributed by atoms with van der Waals surface area (Å²) in [7, 11) is -3.42. The lowest BCUT2D eigenvalue weighted by atomic mass is 9.53. The summed E-state index contributed by atoms with van der Waals surface area (Å²) in [5.41, 5.74) is 1.75. The molecule has 3 N–H and O–H groups in total. The van der Waals surface area contributed by atoms with Gasteiger partial charge in [0.15, 0.2) is 5.13 Å². The van der Waals surface area contributed by atoms with Crippen molar-refractivity contribution in [3.63, 3.8) is 0 Å². The molecule has 2 aromatic rings. The Labute approximate surface area is 235 Å². The lowest BCUT2D eigenvalue weighted by Gasteiger charge is -2.50. The van der Waals surface area contributed by atoms with Crippen molar-refractivity contribution in [1.29, 1.82) is 0 Å². The number of fused-ring (bicyclic) bond motifs is 5. The van der Waals surface area contributed by atoms with Gasteiger partial charge in [-0.25, -0.2) is 9.55 Å². The van der Waals surface area contributed by atoms with E-state index >= 15 is 0 Å². The van der Waals surface area contributed by atoms with Crippen molar-refractivity contribution < 1.29 is 33.4 Å². The van der Waals surface area contributed by atoms with Gasteiger partial charge < -0.3 is 14.7 Å². The van der Waals surface area contributed by atoms with Gasteiger partial charge in [-0.05, 0) is 80.8 Å². The lowest BCUT2D eigenvalue weighted by molar-refractivity contribution is -0.386. The topological polar surface area (TPSA) is 173 Å². The molecule has 1 aromatic carbocycles. The number of hydrogen-bond acceptors (Lipinski definition) is 9. The number of aromatic nitrogens is 1. The van der Waals surface area contributed by atoms with E-state index in [1.165, 1.54) is 17.4 Å². The van der Waals surface area contributed by atoms with Gasteiger partial charge in [0.2, 0.25) is 11.7 Å². The maximum absolute atomic E-state index is 12.8. The maximum atomic E-state index is 12.8. The zero-order valence-corrected chi connectivity index (χ0v) is 24.2. The predicted octanol–water partition coefficient (Wildman–Crippen LogP) is 5.33. The summed E-state index contributed by atoms with van der Waals surface area (Å²) in [6.45, 7) is 4.16. The number of benzene rings is 1. The molecule has 0 aliphatic heterocycles. The third kappa shape index (κ3) is 5.39. The second-order valence-corrected chi connectivity index (χ2v) is 13.6. The Hall–Kier alpha value is -2.86. The van der Waals surface area contributed by atoms with Crippen LogP contribution in [0.2, 0.25) is 0 Å². The Bertz CT molecular complexity index is 1410. The van der Waals surface area contributed by atoms with Gasteiger partial charge in [0.1, 0.15) is 7.11 Å². The number of phosphoric acid groups is 1. The van der Waals surface area contributed by atoms with Crippen LogP contribution in [0.15, 0.2) is 23.5 Å². The molecule has 5 unspecified atom stereocenters. The lowest BCUT2D eigenvalue weighted by Crippen LogP contribution is -2.44. The third-order valence-electron chi connectivity index (χ3n) is 8.93. The Morgan fingerprint density at radius 2 is 2.15 bits per heavy atom. The molecule has 0 bridgehead atoms. The predicted molar refractivity (Wildman–Crippen MR) is 148 cm³/mol. The van der Waals surface area contributed by atoms with Gasteiger partial charge in [0.25, 0.3) is 0 Å². The zero-order valence-electron chi connectivity index (χ0n) is 22.5. The van der Waals surface area contributed by atoms with Crippen LogP contribution in [0.1, 0.15) is 67.4 Å². The molecule has 1 aromatic heterocycles. The van der Waals surface area contributed by atoms with Crippen molar-refractivity contribution in [2.75, 3.05) is 12.4 Å². The second-order valence-electron chi connectivity index (χ2n) is 11.2. The van der Waals surface area contributed by atoms with Gasteiger partial charge in [-0.2, -0.15) is 0 Å². The van der Waals surface area contributed by atoms with Crippen molar-refractivity contribution in [2.45, 2.75) is 64.7 Å². The van der Waals surface area contributed by atoms with Gasteiger partial charge >= 0.3 is 13.5 Å². The summed E-state index contributed by atoms with van der Waals surface area (Å²) in [5, 5.41) is 19.9. The average Bonchev–Trinajstić information content (AvgIpc) is 3.41. The van der Waals surface area contributed by atoms with Crippen LogP contribution in [-0.2, 0) is 20.6 Å². The van der Waals surface area contributed by atoms with Crippen molar-refractivity contribution in [3.05, 3.63) is 44.4 Å². The Morgan fingerprint density at radius 1 is 1.38 bits per heavy atom. The number of nitrogens with zero attached hydrogens (tertiary/aromatic N) is 3. The van der Waals surface area contributed by atoms with Crippen molar-refractivity contribution in [2.24, 2.45) is 28.3 Å². The molecular weight excluding hydrogens is 559 g/mol. The summed E-state index contributed by atoms with van der Waals surface area (Å²) in [4.78, 5) is 53.2. The number of oxime groups is 1. The number of nitro groups is 1. The number of nitrogens with one attached hydrogen (secondary N) is 1. The summed E-state index contributed by atoms with van der Waals surface area (Å²) < 4.78 is 16.2. The van der Waals surface area contributed by atoms with Crippen LogP contribution in [0.5, 0.6) is 5.75 Å². The van der Waals surface area contributed by atoms with Gasteiger partial charge in [-0.3, -0.25) is 24.7 Å². The zero-order chi connectivity index (χ0) is 28.8. The standard InChI is InChI=1S/C26H33N4O8PS/c1-14-13-27-25(40-14)28-22(31)9-4-15-12-21(29-37-3)26(2)11-10-17-16-7-8-20(38-39(34,35)36)24(30(32)33)19(16)6-5-18(17)23(15)26/h7-8,13,15,17-18,23H,4-6,9-12H2,1-3H3,(H,27,28,31)(H2,34,35,36). The Kier molecular flexibility index (Phi) is 7.77. The number of aryl methyl sites for hydroxylation is 1. The molecule has 12 nitrogen and oxygen atoms in total. The summed E-state index contributed by atoms with van der Waals surface area (Å²) in [6.07, 6.45) is 6.15. The van der Waals surface area contributed by atoms with E-state index in [0.29, 0.717) is 36.4 Å². The number of anilines is 1. The fraction of sp³-hybridized carbons (Fsp3) is 0.577. The molecule has 5 rings (SSSR count). The number of rotatable bonds is 8. The van der Waals surface area contributed by atoms with Crippen LogP contribution in [0, 0.1) is 40.2 Å². The summed E-state index contributed by atoms with van der Waals surface area (Å²) >= 11 is 1.44. The number of hydrogen-bond donors (Lipinski definition) is 3. The van der Waals surface area contributed by atoms with Gasteiger partial charge in [0.05, 0.1) is 10.6 Å². The van der Waals surface area contributed by atoms with E-state index in [1.54, 1.807) is 19.4 Å². The van der Waals surface area contributed by atoms with E-state index in [1.807, 2.05) is 6.92 Å². The molecule has 3 aliphatic carbocycles. The van der Waals surface area contributed by atoms with E-state index < -0.39 is 18.5 Å². The van der Waals surface area contributed by atoms with E-state index in [4.69, 9.17) is 9.36 Å². The number of amides is 1. The van der Waals surface area contributed by atoms with Crippen LogP contribution in [-0.4, -0.2) is 38.4 Å². The Balaban J connectivity index is 1.43. The highest BCUT2D eigenvalue weighted by Crippen LogP contribution is 2.63. The first-order valence-electron chi connectivity index (χ1n) is 13.3. The van der Waals surface area contributed by atoms with Gasteiger partial charge in [0, 0.05) is 28.5 Å². The quantitative estimate of drug-likeness (QED) is 0.208. The molecule has 0 spiro atoms. The van der Waals surface area contributed by atoms with Crippen LogP contribution in [0.3, 0.4) is 0 Å². The minimum absolute atomic E-state index is 0.0427. The van der Waals surface area contributed by atoms with E-state index in [0.717, 1.165) is 35.4 Å². The van der Waals surface area contributed by atoms with Gasteiger partial charge in [-0.15, -0.1) is 11.3 Å². The normalized spacial score (nSPS) is 28.4. The first kappa shape index (κ1) is 28.7. The van der Waals surface area contributed by atoms with E-state index in [-0.39, 0.29) is 40.7 Å². The molecule has 3 aliphatic rings. The molecule has 1 amide bonds. The third-order valence-corrected chi connectivity index (χ3v) is 10.2. The number of carbonyl (C=O) groups excluding carboxylic acids is 1. The first-order chi connectivity index (χ1) is 18.9. The molecule has 2 saturated carbocycles. The van der Waals surface area contributed by atoms with E-state index in [2.05, 4.69) is 22.4 Å².